The van der Waals surface area contributed by atoms with E-state index in [2.05, 4.69) is 6.58 Å². The summed E-state index contributed by atoms with van der Waals surface area (Å²) in [5.41, 5.74) is 0. The maximum absolute atomic E-state index is 11.8. The van der Waals surface area contributed by atoms with Gasteiger partial charge in [0.05, 0.1) is 0 Å². The third-order valence-electron chi connectivity index (χ3n) is 4.52. The summed E-state index contributed by atoms with van der Waals surface area (Å²) < 4.78 is 5.08. The molecule has 5 nitrogen and oxygen atoms in total. The highest BCUT2D eigenvalue weighted by Crippen LogP contribution is 2.40. The molecule has 1 amide bonds. The van der Waals surface area contributed by atoms with Crippen LogP contribution in [0.25, 0.3) is 0 Å². The molecule has 1 aliphatic carbocycles. The first-order valence-electron chi connectivity index (χ1n) is 7.34. The molecule has 2 fully saturated rings. The Labute approximate surface area is 119 Å². The minimum absolute atomic E-state index is 0.254. The number of carboxylic acid groups (broad SMARTS) is 1. The van der Waals surface area contributed by atoms with Crippen LogP contribution in [0.3, 0.4) is 0 Å². The lowest BCUT2D eigenvalue weighted by Gasteiger charge is -2.43. The summed E-state index contributed by atoms with van der Waals surface area (Å²) in [7, 11) is 0. The molecule has 112 valence electrons. The summed E-state index contributed by atoms with van der Waals surface area (Å²) >= 11 is 0. The van der Waals surface area contributed by atoms with Gasteiger partial charge in [-0.05, 0) is 43.4 Å². The fraction of sp³-hybridized carbons (Fsp3) is 0.733. The minimum Gasteiger partial charge on any atom is -0.481 e. The summed E-state index contributed by atoms with van der Waals surface area (Å²) in [6, 6.07) is 0. The number of piperidine rings is 1. The molecular weight excluding hydrogens is 258 g/mol. The van der Waals surface area contributed by atoms with E-state index in [0.717, 1.165) is 38.8 Å². The number of rotatable bonds is 4. The Morgan fingerprint density at radius 2 is 2.10 bits per heavy atom. The van der Waals surface area contributed by atoms with Crippen LogP contribution in [0.15, 0.2) is 12.7 Å². The quantitative estimate of drug-likeness (QED) is 0.804. The van der Waals surface area contributed by atoms with Gasteiger partial charge in [0.1, 0.15) is 6.61 Å². The van der Waals surface area contributed by atoms with Gasteiger partial charge in [-0.25, -0.2) is 4.79 Å². The summed E-state index contributed by atoms with van der Waals surface area (Å²) in [6.45, 7) is 5.26. The Balaban J connectivity index is 1.83. The number of hydrogen-bond acceptors (Lipinski definition) is 3. The van der Waals surface area contributed by atoms with Crippen LogP contribution in [-0.4, -0.2) is 41.8 Å². The van der Waals surface area contributed by atoms with Gasteiger partial charge < -0.3 is 14.7 Å². The molecule has 1 heterocycles. The standard InChI is InChI=1S/C15H23NO4/c1-2-7-20-15(19)16-6-5-12-8-11(9-14(17)18)3-4-13(12)10-16/h2,11-13H,1,3-10H2,(H,17,18). The van der Waals surface area contributed by atoms with E-state index in [9.17, 15) is 9.59 Å². The zero-order valence-electron chi connectivity index (χ0n) is 11.8. The first kappa shape index (κ1) is 14.9. The normalized spacial score (nSPS) is 29.4. The van der Waals surface area contributed by atoms with Crippen LogP contribution in [0.5, 0.6) is 0 Å². The lowest BCUT2D eigenvalue weighted by atomic mass is 9.70. The predicted molar refractivity (Wildman–Crippen MR) is 74.3 cm³/mol. The van der Waals surface area contributed by atoms with Crippen molar-refractivity contribution in [1.82, 2.24) is 4.90 Å². The summed E-state index contributed by atoms with van der Waals surface area (Å²) in [5.74, 6) is 0.688. The molecule has 1 saturated heterocycles. The van der Waals surface area contributed by atoms with Crippen molar-refractivity contribution < 1.29 is 19.4 Å². The topological polar surface area (TPSA) is 66.8 Å². The molecule has 0 aromatic carbocycles. The lowest BCUT2D eigenvalue weighted by molar-refractivity contribution is -0.138. The zero-order chi connectivity index (χ0) is 14.5. The summed E-state index contributed by atoms with van der Waals surface area (Å²) in [5, 5.41) is 8.88. The minimum atomic E-state index is -0.695. The molecule has 0 spiro atoms. The fourth-order valence-corrected chi connectivity index (χ4v) is 3.53. The highest BCUT2D eigenvalue weighted by molar-refractivity contribution is 5.68. The van der Waals surface area contributed by atoms with Crippen LogP contribution in [0, 0.1) is 17.8 Å². The highest BCUT2D eigenvalue weighted by Gasteiger charge is 2.37. The van der Waals surface area contributed by atoms with E-state index in [-0.39, 0.29) is 19.1 Å². The average molecular weight is 281 g/mol. The fourth-order valence-electron chi connectivity index (χ4n) is 3.53. The monoisotopic (exact) mass is 281 g/mol. The molecule has 3 unspecified atom stereocenters. The molecule has 0 radical (unpaired) electrons. The Bertz CT molecular complexity index is 382. The van der Waals surface area contributed by atoms with Gasteiger partial charge in [0.25, 0.3) is 0 Å². The second kappa shape index (κ2) is 6.77. The molecule has 0 aromatic rings. The van der Waals surface area contributed by atoms with Crippen LogP contribution in [-0.2, 0) is 9.53 Å². The number of nitrogens with zero attached hydrogens (tertiary/aromatic N) is 1. The van der Waals surface area contributed by atoms with Crippen molar-refractivity contribution in [2.45, 2.75) is 32.1 Å². The van der Waals surface area contributed by atoms with Gasteiger partial charge in [-0.15, -0.1) is 0 Å². The molecule has 5 heteroatoms. The van der Waals surface area contributed by atoms with E-state index in [0.29, 0.717) is 17.8 Å². The van der Waals surface area contributed by atoms with Crippen molar-refractivity contribution in [3.63, 3.8) is 0 Å². The van der Waals surface area contributed by atoms with Crippen molar-refractivity contribution in [3.05, 3.63) is 12.7 Å². The third kappa shape index (κ3) is 3.74. The Morgan fingerprint density at radius 3 is 2.80 bits per heavy atom. The van der Waals surface area contributed by atoms with Crippen LogP contribution < -0.4 is 0 Å². The number of carbonyl (C=O) groups is 2. The van der Waals surface area contributed by atoms with Crippen molar-refractivity contribution in [3.8, 4) is 0 Å². The molecule has 1 aliphatic heterocycles. The Hall–Kier alpha value is -1.52. The van der Waals surface area contributed by atoms with Gasteiger partial charge in [-0.3, -0.25) is 4.79 Å². The molecule has 3 atom stereocenters. The van der Waals surface area contributed by atoms with Crippen LogP contribution in [0.2, 0.25) is 0 Å². The van der Waals surface area contributed by atoms with E-state index in [1.807, 2.05) is 0 Å². The molecule has 2 aliphatic rings. The van der Waals surface area contributed by atoms with Crippen LogP contribution in [0.4, 0.5) is 4.79 Å². The first-order valence-corrected chi connectivity index (χ1v) is 7.34. The SMILES string of the molecule is C=CCOC(=O)N1CCC2CC(CC(=O)O)CCC2C1. The second-order valence-electron chi connectivity index (χ2n) is 5.90. The first-order chi connectivity index (χ1) is 9.60. The molecule has 20 heavy (non-hydrogen) atoms. The molecule has 1 N–H and O–H groups in total. The second-order valence-corrected chi connectivity index (χ2v) is 5.90. The number of carboxylic acids is 1. The number of aliphatic carboxylic acids is 1. The number of likely N-dealkylation sites (tertiary alicyclic amines) is 1. The van der Waals surface area contributed by atoms with E-state index in [4.69, 9.17) is 9.84 Å². The molecule has 1 saturated carbocycles. The van der Waals surface area contributed by atoms with Crippen LogP contribution in [0.1, 0.15) is 32.1 Å². The molecule has 0 bridgehead atoms. The van der Waals surface area contributed by atoms with Gasteiger partial charge >= 0.3 is 12.1 Å². The maximum atomic E-state index is 11.8. The third-order valence-corrected chi connectivity index (χ3v) is 4.52. The highest BCUT2D eigenvalue weighted by atomic mass is 16.6. The van der Waals surface area contributed by atoms with E-state index < -0.39 is 5.97 Å². The lowest BCUT2D eigenvalue weighted by Crippen LogP contribution is -2.46. The Kier molecular flexibility index (Phi) is 5.04. The van der Waals surface area contributed by atoms with Crippen molar-refractivity contribution >= 4 is 12.1 Å². The number of fused-ring (bicyclic) bond motifs is 1. The van der Waals surface area contributed by atoms with Gasteiger partial charge in [-0.1, -0.05) is 12.7 Å². The van der Waals surface area contributed by atoms with Gasteiger partial charge in [0.2, 0.25) is 0 Å². The molecule has 2 rings (SSSR count). The molecular formula is C15H23NO4. The van der Waals surface area contributed by atoms with E-state index >= 15 is 0 Å². The predicted octanol–water partition coefficient (Wildman–Crippen LogP) is 2.52. The molecule has 0 aromatic heterocycles. The maximum Gasteiger partial charge on any atom is 0.410 e. The van der Waals surface area contributed by atoms with Crippen molar-refractivity contribution in [1.29, 1.82) is 0 Å². The van der Waals surface area contributed by atoms with E-state index in [1.165, 1.54) is 0 Å². The number of carbonyl (C=O) groups excluding carboxylic acids is 1. The van der Waals surface area contributed by atoms with Crippen molar-refractivity contribution in [2.75, 3.05) is 19.7 Å². The Morgan fingerprint density at radius 1 is 1.30 bits per heavy atom. The smallest absolute Gasteiger partial charge is 0.410 e. The van der Waals surface area contributed by atoms with Gasteiger partial charge in [0.15, 0.2) is 0 Å². The van der Waals surface area contributed by atoms with Gasteiger partial charge in [-0.2, -0.15) is 0 Å². The average Bonchev–Trinajstić information content (AvgIpc) is 2.43. The largest absolute Gasteiger partial charge is 0.481 e. The summed E-state index contributed by atoms with van der Waals surface area (Å²) in [4.78, 5) is 24.4. The zero-order valence-corrected chi connectivity index (χ0v) is 11.8. The number of amides is 1. The van der Waals surface area contributed by atoms with E-state index in [1.54, 1.807) is 11.0 Å². The summed E-state index contributed by atoms with van der Waals surface area (Å²) in [6.07, 6.45) is 5.54. The number of hydrogen-bond donors (Lipinski definition) is 1. The number of ether oxygens (including phenoxy) is 1. The van der Waals surface area contributed by atoms with Crippen LogP contribution >= 0.6 is 0 Å². The van der Waals surface area contributed by atoms with Gasteiger partial charge in [0, 0.05) is 19.5 Å². The van der Waals surface area contributed by atoms with Crippen molar-refractivity contribution in [2.24, 2.45) is 17.8 Å².